The summed E-state index contributed by atoms with van der Waals surface area (Å²) in [7, 11) is 1.50. The van der Waals surface area contributed by atoms with E-state index in [9.17, 15) is 9.18 Å². The van der Waals surface area contributed by atoms with Gasteiger partial charge in [0.1, 0.15) is 11.6 Å². The van der Waals surface area contributed by atoms with E-state index in [1.54, 1.807) is 18.2 Å². The first-order valence-electron chi connectivity index (χ1n) is 8.71. The van der Waals surface area contributed by atoms with E-state index in [-0.39, 0.29) is 5.82 Å². The molecule has 1 fully saturated rings. The van der Waals surface area contributed by atoms with E-state index >= 15 is 0 Å². The lowest BCUT2D eigenvalue weighted by atomic mass is 10.1. The molecular formula is C20H21BrFN3O2. The predicted octanol–water partition coefficient (Wildman–Crippen LogP) is 4.27. The van der Waals surface area contributed by atoms with Crippen LogP contribution in [0.2, 0.25) is 0 Å². The van der Waals surface area contributed by atoms with Crippen LogP contribution < -0.4 is 15.1 Å². The Bertz CT molecular complexity index is 880. The Hall–Kier alpha value is -2.41. The van der Waals surface area contributed by atoms with Gasteiger partial charge in [-0.1, -0.05) is 15.9 Å². The summed E-state index contributed by atoms with van der Waals surface area (Å²) >= 11 is 3.33. The van der Waals surface area contributed by atoms with Crippen LogP contribution in [-0.2, 0) is 0 Å². The molecule has 0 radical (unpaired) electrons. The van der Waals surface area contributed by atoms with Crippen LogP contribution in [0.5, 0.6) is 5.75 Å². The fourth-order valence-corrected chi connectivity index (χ4v) is 3.46. The Kier molecular flexibility index (Phi) is 6.11. The van der Waals surface area contributed by atoms with E-state index in [1.165, 1.54) is 19.4 Å². The van der Waals surface area contributed by atoms with Gasteiger partial charge in [0, 0.05) is 23.1 Å². The molecule has 5 nitrogen and oxygen atoms in total. The van der Waals surface area contributed by atoms with E-state index in [0.717, 1.165) is 36.0 Å². The molecule has 142 valence electrons. The summed E-state index contributed by atoms with van der Waals surface area (Å²) in [4.78, 5) is 14.4. The molecule has 2 aromatic carbocycles. The van der Waals surface area contributed by atoms with Crippen LogP contribution in [-0.4, -0.2) is 32.3 Å². The molecule has 3 rings (SSSR count). The maximum absolute atomic E-state index is 14.5. The predicted molar refractivity (Wildman–Crippen MR) is 108 cm³/mol. The van der Waals surface area contributed by atoms with Gasteiger partial charge < -0.3 is 9.64 Å². The van der Waals surface area contributed by atoms with Gasteiger partial charge in [-0.3, -0.25) is 4.79 Å². The number of carbonyl (C=O) groups excluding carboxylic acids is 1. The number of hydrogen-bond donors (Lipinski definition) is 1. The van der Waals surface area contributed by atoms with Crippen molar-refractivity contribution in [1.82, 2.24) is 5.43 Å². The Labute approximate surface area is 166 Å². The molecule has 1 aliphatic heterocycles. The smallest absolute Gasteiger partial charge is 0.275 e. The van der Waals surface area contributed by atoms with Crippen LogP contribution in [0.25, 0.3) is 0 Å². The van der Waals surface area contributed by atoms with Gasteiger partial charge in [0.2, 0.25) is 0 Å². The molecule has 0 aromatic heterocycles. The molecule has 0 saturated carbocycles. The highest BCUT2D eigenvalue weighted by molar-refractivity contribution is 9.10. The summed E-state index contributed by atoms with van der Waals surface area (Å²) in [6.45, 7) is 3.67. The summed E-state index contributed by atoms with van der Waals surface area (Å²) in [6, 6.07) is 8.42. The summed E-state index contributed by atoms with van der Waals surface area (Å²) in [6.07, 6.45) is 3.63. The highest BCUT2D eigenvalue weighted by atomic mass is 79.9. The Morgan fingerprint density at radius 3 is 2.74 bits per heavy atom. The zero-order chi connectivity index (χ0) is 19.4. The van der Waals surface area contributed by atoms with Crippen molar-refractivity contribution < 1.29 is 13.9 Å². The van der Waals surface area contributed by atoms with Crippen LogP contribution in [0.1, 0.15) is 34.3 Å². The molecule has 1 heterocycles. The van der Waals surface area contributed by atoms with Crippen molar-refractivity contribution in [2.45, 2.75) is 19.8 Å². The molecule has 1 N–H and O–H groups in total. The average Bonchev–Trinajstić information content (AvgIpc) is 3.18. The minimum absolute atomic E-state index is 0.274. The Balaban J connectivity index is 1.74. The van der Waals surface area contributed by atoms with Crippen LogP contribution in [0.3, 0.4) is 0 Å². The van der Waals surface area contributed by atoms with Gasteiger partial charge in [0.15, 0.2) is 0 Å². The van der Waals surface area contributed by atoms with Crippen molar-refractivity contribution in [1.29, 1.82) is 0 Å². The van der Waals surface area contributed by atoms with E-state index in [2.05, 4.69) is 31.4 Å². The Morgan fingerprint density at radius 1 is 1.30 bits per heavy atom. The first kappa shape index (κ1) is 19.4. The second kappa shape index (κ2) is 8.52. The normalized spacial score (nSPS) is 14.0. The molecule has 1 aliphatic rings. The molecule has 7 heteroatoms. The highest BCUT2D eigenvalue weighted by Crippen LogP contribution is 2.26. The van der Waals surface area contributed by atoms with Crippen LogP contribution >= 0.6 is 15.9 Å². The Morgan fingerprint density at radius 2 is 2.04 bits per heavy atom. The number of anilines is 1. The number of hydrogen-bond acceptors (Lipinski definition) is 4. The summed E-state index contributed by atoms with van der Waals surface area (Å²) in [5, 5.41) is 3.98. The van der Waals surface area contributed by atoms with Crippen molar-refractivity contribution >= 4 is 33.7 Å². The quantitative estimate of drug-likeness (QED) is 0.565. The van der Waals surface area contributed by atoms with Gasteiger partial charge in [-0.15, -0.1) is 0 Å². The number of halogens is 2. The monoisotopic (exact) mass is 433 g/mol. The van der Waals surface area contributed by atoms with Gasteiger partial charge in [0.25, 0.3) is 5.91 Å². The van der Waals surface area contributed by atoms with Gasteiger partial charge >= 0.3 is 0 Å². The molecule has 1 saturated heterocycles. The standard InChI is InChI=1S/C20H21BrFN3O2/c1-13-9-18(25-7-3-4-8-25)17(22)10-14(13)12-23-24-20(26)16-11-15(21)5-6-19(16)27-2/h5-6,9-12H,3-4,7-8H2,1-2H3,(H,24,26). The number of amides is 1. The van der Waals surface area contributed by atoms with Crippen molar-refractivity contribution in [2.75, 3.05) is 25.1 Å². The molecule has 0 atom stereocenters. The number of nitrogens with zero attached hydrogens (tertiary/aromatic N) is 2. The number of rotatable bonds is 5. The zero-order valence-corrected chi connectivity index (χ0v) is 16.8. The van der Waals surface area contributed by atoms with Crippen molar-refractivity contribution in [2.24, 2.45) is 5.10 Å². The van der Waals surface area contributed by atoms with Gasteiger partial charge in [-0.2, -0.15) is 5.10 Å². The first-order valence-corrected chi connectivity index (χ1v) is 9.51. The van der Waals surface area contributed by atoms with E-state index < -0.39 is 5.91 Å². The molecule has 0 aliphatic carbocycles. The fraction of sp³-hybridized carbons (Fsp3) is 0.300. The van der Waals surface area contributed by atoms with Gasteiger partial charge in [-0.25, -0.2) is 9.82 Å². The minimum atomic E-state index is -0.406. The van der Waals surface area contributed by atoms with Crippen LogP contribution in [0.4, 0.5) is 10.1 Å². The summed E-state index contributed by atoms with van der Waals surface area (Å²) < 4.78 is 20.4. The van der Waals surface area contributed by atoms with Gasteiger partial charge in [-0.05, 0) is 55.7 Å². The largest absolute Gasteiger partial charge is 0.496 e. The van der Waals surface area contributed by atoms with E-state index in [4.69, 9.17) is 4.74 Å². The lowest BCUT2D eigenvalue weighted by Crippen LogP contribution is -2.20. The van der Waals surface area contributed by atoms with Gasteiger partial charge in [0.05, 0.1) is 24.6 Å². The van der Waals surface area contributed by atoms with E-state index in [1.807, 2.05) is 13.0 Å². The number of methoxy groups -OCH3 is 1. The molecule has 0 spiro atoms. The third-order valence-corrected chi connectivity index (χ3v) is 5.05. The highest BCUT2D eigenvalue weighted by Gasteiger charge is 2.17. The van der Waals surface area contributed by atoms with E-state index in [0.29, 0.717) is 22.6 Å². The SMILES string of the molecule is COc1ccc(Br)cc1C(=O)NN=Cc1cc(F)c(N2CCCC2)cc1C. The van der Waals surface area contributed by atoms with Crippen molar-refractivity contribution in [3.8, 4) is 5.75 Å². The summed E-state index contributed by atoms with van der Waals surface area (Å²) in [5.41, 5.74) is 4.97. The lowest BCUT2D eigenvalue weighted by molar-refractivity contribution is 0.0952. The van der Waals surface area contributed by atoms with Crippen LogP contribution in [0.15, 0.2) is 39.9 Å². The third-order valence-electron chi connectivity index (χ3n) is 4.56. The number of ether oxygens (including phenoxy) is 1. The number of carbonyl (C=O) groups is 1. The molecule has 0 bridgehead atoms. The van der Waals surface area contributed by atoms with Crippen molar-refractivity contribution in [3.63, 3.8) is 0 Å². The molecule has 27 heavy (non-hydrogen) atoms. The number of hydrazone groups is 1. The average molecular weight is 434 g/mol. The maximum atomic E-state index is 14.5. The minimum Gasteiger partial charge on any atom is -0.496 e. The topological polar surface area (TPSA) is 53.9 Å². The molecule has 0 unspecified atom stereocenters. The third kappa shape index (κ3) is 4.47. The number of aryl methyl sites for hydroxylation is 1. The molecule has 2 aromatic rings. The van der Waals surface area contributed by atoms with Crippen molar-refractivity contribution in [3.05, 3.63) is 57.3 Å². The second-order valence-corrected chi connectivity index (χ2v) is 7.31. The number of benzene rings is 2. The fourth-order valence-electron chi connectivity index (χ4n) is 3.10. The molecule has 1 amide bonds. The first-order chi connectivity index (χ1) is 13.0. The van der Waals surface area contributed by atoms with Crippen LogP contribution in [0, 0.1) is 12.7 Å². The molecular weight excluding hydrogens is 413 g/mol. The zero-order valence-electron chi connectivity index (χ0n) is 15.3. The number of nitrogens with one attached hydrogen (secondary N) is 1. The maximum Gasteiger partial charge on any atom is 0.275 e. The second-order valence-electron chi connectivity index (χ2n) is 6.40. The summed E-state index contributed by atoms with van der Waals surface area (Å²) in [5.74, 6) is -0.233. The lowest BCUT2D eigenvalue weighted by Gasteiger charge is -2.19.